The van der Waals surface area contributed by atoms with Crippen LogP contribution in [0.4, 0.5) is 0 Å². The van der Waals surface area contributed by atoms with Crippen LogP contribution in [0.15, 0.2) is 45.3 Å². The van der Waals surface area contributed by atoms with E-state index < -0.39 is 0 Å². The first kappa shape index (κ1) is 15.1. The molecule has 0 bridgehead atoms. The molecule has 3 aromatic rings. The Kier molecular flexibility index (Phi) is 3.98. The minimum atomic E-state index is -0.140. The zero-order chi connectivity index (χ0) is 15.9. The van der Waals surface area contributed by atoms with Crippen molar-refractivity contribution in [3.63, 3.8) is 0 Å². The van der Waals surface area contributed by atoms with E-state index in [1.54, 1.807) is 30.3 Å². The highest BCUT2D eigenvalue weighted by Crippen LogP contribution is 2.32. The van der Waals surface area contributed by atoms with Crippen molar-refractivity contribution in [2.75, 3.05) is 0 Å². The number of rotatable bonds is 3. The van der Waals surface area contributed by atoms with Gasteiger partial charge in [-0.25, -0.2) is 0 Å². The molecule has 2 aromatic carbocycles. The molecule has 0 aliphatic heterocycles. The quantitative estimate of drug-likeness (QED) is 0.624. The molecule has 1 aromatic heterocycles. The molecule has 0 saturated heterocycles. The maximum atomic E-state index is 12.9. The third kappa shape index (κ3) is 2.53. The minimum Gasteiger partial charge on any atom is -0.507 e. The summed E-state index contributed by atoms with van der Waals surface area (Å²) >= 11 is 9.21. The summed E-state index contributed by atoms with van der Waals surface area (Å²) in [4.78, 5) is 12.9. The summed E-state index contributed by atoms with van der Waals surface area (Å²) in [7, 11) is 0. The number of halogens is 2. The molecule has 0 saturated carbocycles. The van der Waals surface area contributed by atoms with Crippen LogP contribution in [0.5, 0.6) is 5.75 Å². The van der Waals surface area contributed by atoms with Crippen molar-refractivity contribution < 1.29 is 14.3 Å². The van der Waals surface area contributed by atoms with Crippen molar-refractivity contribution in [2.24, 2.45) is 0 Å². The number of hydrogen-bond donors (Lipinski definition) is 1. The maximum Gasteiger partial charge on any atom is 0.197 e. The molecule has 0 aliphatic carbocycles. The highest BCUT2D eigenvalue weighted by Gasteiger charge is 2.21. The van der Waals surface area contributed by atoms with E-state index in [1.807, 2.05) is 6.92 Å². The van der Waals surface area contributed by atoms with E-state index in [-0.39, 0.29) is 11.5 Å². The summed E-state index contributed by atoms with van der Waals surface area (Å²) in [6.45, 7) is 1.93. The van der Waals surface area contributed by atoms with E-state index in [0.717, 1.165) is 5.39 Å². The van der Waals surface area contributed by atoms with Crippen LogP contribution in [0.25, 0.3) is 11.0 Å². The molecule has 0 radical (unpaired) electrons. The van der Waals surface area contributed by atoms with Crippen LogP contribution in [0.3, 0.4) is 0 Å². The molecule has 22 heavy (non-hydrogen) atoms. The van der Waals surface area contributed by atoms with Crippen LogP contribution in [-0.2, 0) is 6.42 Å². The second kappa shape index (κ2) is 5.78. The third-order valence-corrected chi connectivity index (χ3v) is 4.35. The first-order chi connectivity index (χ1) is 10.5. The van der Waals surface area contributed by atoms with Gasteiger partial charge in [0, 0.05) is 28.5 Å². The summed E-state index contributed by atoms with van der Waals surface area (Å²) < 4.78 is 6.24. The van der Waals surface area contributed by atoms with Crippen molar-refractivity contribution in [2.45, 2.75) is 13.3 Å². The average molecular weight is 380 g/mol. The van der Waals surface area contributed by atoms with E-state index in [9.17, 15) is 9.90 Å². The number of aryl methyl sites for hydroxylation is 1. The lowest BCUT2D eigenvalue weighted by atomic mass is 9.99. The minimum absolute atomic E-state index is 0.0936. The topological polar surface area (TPSA) is 50.4 Å². The lowest BCUT2D eigenvalue weighted by Crippen LogP contribution is -2.03. The zero-order valence-electron chi connectivity index (χ0n) is 11.7. The third-order valence-electron chi connectivity index (χ3n) is 3.48. The Morgan fingerprint density at radius 2 is 2.05 bits per heavy atom. The Morgan fingerprint density at radius 3 is 2.73 bits per heavy atom. The molecule has 0 amide bonds. The Hall–Kier alpha value is -1.78. The standard InChI is InChI=1S/C17H12BrClO3/c1-2-14-16(11-5-4-10(19)8-15(11)22-14)17(21)9-3-6-13(20)12(18)7-9/h3-8,20H,2H2,1H3. The molecule has 0 aliphatic rings. The van der Waals surface area contributed by atoms with E-state index in [4.69, 9.17) is 16.0 Å². The number of phenols is 1. The molecule has 1 heterocycles. The fourth-order valence-corrected chi connectivity index (χ4v) is 2.95. The molecular formula is C17H12BrClO3. The molecule has 0 fully saturated rings. The smallest absolute Gasteiger partial charge is 0.197 e. The van der Waals surface area contributed by atoms with Crippen molar-refractivity contribution in [3.05, 3.63) is 62.8 Å². The zero-order valence-corrected chi connectivity index (χ0v) is 14.0. The van der Waals surface area contributed by atoms with E-state index >= 15 is 0 Å². The highest BCUT2D eigenvalue weighted by atomic mass is 79.9. The second-order valence-electron chi connectivity index (χ2n) is 4.89. The van der Waals surface area contributed by atoms with Gasteiger partial charge in [-0.1, -0.05) is 18.5 Å². The van der Waals surface area contributed by atoms with Crippen LogP contribution in [0.2, 0.25) is 5.02 Å². The summed E-state index contributed by atoms with van der Waals surface area (Å²) in [5.74, 6) is 0.584. The average Bonchev–Trinajstić information content (AvgIpc) is 2.86. The van der Waals surface area contributed by atoms with E-state index in [2.05, 4.69) is 15.9 Å². The number of aromatic hydroxyl groups is 1. The molecule has 5 heteroatoms. The number of hydrogen-bond acceptors (Lipinski definition) is 3. The van der Waals surface area contributed by atoms with Gasteiger partial charge in [0.2, 0.25) is 0 Å². The molecule has 0 unspecified atom stereocenters. The summed E-state index contributed by atoms with van der Waals surface area (Å²) in [5.41, 5.74) is 1.63. The fraction of sp³-hybridized carbons (Fsp3) is 0.118. The Balaban J connectivity index is 2.19. The van der Waals surface area contributed by atoms with Crippen LogP contribution in [0, 0.1) is 0 Å². The van der Waals surface area contributed by atoms with Gasteiger partial charge >= 0.3 is 0 Å². The van der Waals surface area contributed by atoms with Crippen LogP contribution in [0.1, 0.15) is 28.6 Å². The lowest BCUT2D eigenvalue weighted by Gasteiger charge is -2.04. The van der Waals surface area contributed by atoms with Gasteiger partial charge in [-0.2, -0.15) is 0 Å². The number of carbonyl (C=O) groups is 1. The molecule has 0 spiro atoms. The normalized spacial score (nSPS) is 11.0. The van der Waals surface area contributed by atoms with Crippen molar-refractivity contribution >= 4 is 44.3 Å². The van der Waals surface area contributed by atoms with E-state index in [1.165, 1.54) is 6.07 Å². The lowest BCUT2D eigenvalue weighted by molar-refractivity contribution is 0.103. The molecule has 0 atom stereocenters. The molecule has 112 valence electrons. The predicted octanol–water partition coefficient (Wildman–Crippen LogP) is 5.35. The molecule has 1 N–H and O–H groups in total. The van der Waals surface area contributed by atoms with Gasteiger partial charge in [-0.15, -0.1) is 0 Å². The monoisotopic (exact) mass is 378 g/mol. The molecule has 3 nitrogen and oxygen atoms in total. The molecule has 3 rings (SSSR count). The van der Waals surface area contributed by atoms with Crippen LogP contribution in [-0.4, -0.2) is 10.9 Å². The van der Waals surface area contributed by atoms with Gasteiger partial charge in [0.15, 0.2) is 5.78 Å². The number of ketones is 1. The van der Waals surface area contributed by atoms with Gasteiger partial charge < -0.3 is 9.52 Å². The SMILES string of the molecule is CCc1oc2cc(Cl)ccc2c1C(=O)c1ccc(O)c(Br)c1. The Bertz CT molecular complexity index is 883. The largest absolute Gasteiger partial charge is 0.507 e. The second-order valence-corrected chi connectivity index (χ2v) is 6.18. The maximum absolute atomic E-state index is 12.9. The van der Waals surface area contributed by atoms with Crippen LogP contribution < -0.4 is 0 Å². The number of benzene rings is 2. The fourth-order valence-electron chi connectivity index (χ4n) is 2.41. The predicted molar refractivity (Wildman–Crippen MR) is 89.8 cm³/mol. The van der Waals surface area contributed by atoms with E-state index in [0.29, 0.717) is 38.4 Å². The number of carbonyl (C=O) groups excluding carboxylic acids is 1. The Morgan fingerprint density at radius 1 is 1.27 bits per heavy atom. The summed E-state index contributed by atoms with van der Waals surface area (Å²) in [5, 5.41) is 10.9. The van der Waals surface area contributed by atoms with Gasteiger partial charge in [0.1, 0.15) is 17.1 Å². The van der Waals surface area contributed by atoms with Crippen LogP contribution >= 0.6 is 27.5 Å². The number of furan rings is 1. The number of phenolic OH excluding ortho intramolecular Hbond substituents is 1. The van der Waals surface area contributed by atoms with Crippen molar-refractivity contribution in [3.8, 4) is 5.75 Å². The summed E-state index contributed by atoms with van der Waals surface area (Å²) in [6.07, 6.45) is 0.604. The first-order valence-electron chi connectivity index (χ1n) is 6.75. The van der Waals surface area contributed by atoms with Gasteiger partial charge in [0.05, 0.1) is 10.0 Å². The van der Waals surface area contributed by atoms with Gasteiger partial charge in [0.25, 0.3) is 0 Å². The van der Waals surface area contributed by atoms with Gasteiger partial charge in [-0.3, -0.25) is 4.79 Å². The summed E-state index contributed by atoms with van der Waals surface area (Å²) in [6, 6.07) is 9.93. The highest BCUT2D eigenvalue weighted by molar-refractivity contribution is 9.10. The Labute approximate surface area is 140 Å². The first-order valence-corrected chi connectivity index (χ1v) is 7.92. The van der Waals surface area contributed by atoms with Crippen molar-refractivity contribution in [1.82, 2.24) is 0 Å². The number of fused-ring (bicyclic) bond motifs is 1. The van der Waals surface area contributed by atoms with Crippen molar-refractivity contribution in [1.29, 1.82) is 0 Å². The van der Waals surface area contributed by atoms with Gasteiger partial charge in [-0.05, 0) is 46.3 Å². The molecular weight excluding hydrogens is 368 g/mol.